The molecular weight excluding hydrogens is 380 g/mol. The molecule has 0 heterocycles. The second-order valence-electron chi connectivity index (χ2n) is 6.17. The number of nitrogens with zero attached hydrogens (tertiary/aromatic N) is 1. The Balaban J connectivity index is 2.13. The van der Waals surface area contributed by atoms with Gasteiger partial charge in [-0.2, -0.15) is 4.31 Å². The molecule has 0 bridgehead atoms. The van der Waals surface area contributed by atoms with Crippen molar-refractivity contribution in [1.29, 1.82) is 0 Å². The van der Waals surface area contributed by atoms with Gasteiger partial charge in [-0.25, -0.2) is 8.42 Å². The Hall–Kier alpha value is -1.83. The average molecular weight is 407 g/mol. The summed E-state index contributed by atoms with van der Waals surface area (Å²) in [6.07, 6.45) is 0. The number of thioether (sulfide) groups is 1. The highest BCUT2D eigenvalue weighted by Gasteiger charge is 2.24. The van der Waals surface area contributed by atoms with Crippen LogP contribution in [0.1, 0.15) is 25.0 Å². The first-order chi connectivity index (χ1) is 12.8. The lowest BCUT2D eigenvalue weighted by Gasteiger charge is -2.20. The van der Waals surface area contributed by atoms with Gasteiger partial charge in [-0.15, -0.1) is 11.8 Å². The first-order valence-corrected chi connectivity index (χ1v) is 11.3. The van der Waals surface area contributed by atoms with E-state index in [4.69, 9.17) is 0 Å². The molecule has 7 heteroatoms. The van der Waals surface area contributed by atoms with Gasteiger partial charge >= 0.3 is 0 Å². The van der Waals surface area contributed by atoms with Crippen LogP contribution in [0.3, 0.4) is 0 Å². The second-order valence-corrected chi connectivity index (χ2v) is 9.10. The minimum absolute atomic E-state index is 0.168. The van der Waals surface area contributed by atoms with Crippen molar-refractivity contribution >= 4 is 33.4 Å². The Morgan fingerprint density at radius 1 is 1.04 bits per heavy atom. The summed E-state index contributed by atoms with van der Waals surface area (Å²) >= 11 is 1.46. The van der Waals surface area contributed by atoms with E-state index in [1.165, 1.54) is 16.1 Å². The molecule has 1 N–H and O–H groups in total. The van der Waals surface area contributed by atoms with Gasteiger partial charge in [-0.05, 0) is 43.2 Å². The number of benzene rings is 2. The van der Waals surface area contributed by atoms with Crippen molar-refractivity contribution in [3.63, 3.8) is 0 Å². The molecule has 146 valence electrons. The SMILES string of the molecule is CCN(CC)S(=O)(=O)c1cc(NC(=O)CSc2ccccc2C)ccc1C. The van der Waals surface area contributed by atoms with Gasteiger partial charge in [0, 0.05) is 23.7 Å². The van der Waals surface area contributed by atoms with Crippen LogP contribution in [0.5, 0.6) is 0 Å². The number of rotatable bonds is 8. The maximum absolute atomic E-state index is 12.8. The third kappa shape index (κ3) is 5.34. The van der Waals surface area contributed by atoms with Crippen LogP contribution in [0.15, 0.2) is 52.3 Å². The van der Waals surface area contributed by atoms with Gasteiger partial charge in [0.05, 0.1) is 10.6 Å². The van der Waals surface area contributed by atoms with Crippen molar-refractivity contribution in [2.24, 2.45) is 0 Å². The molecule has 2 aromatic rings. The van der Waals surface area contributed by atoms with E-state index in [-0.39, 0.29) is 16.6 Å². The Morgan fingerprint density at radius 2 is 1.70 bits per heavy atom. The number of carbonyl (C=O) groups excluding carboxylic acids is 1. The van der Waals surface area contributed by atoms with Gasteiger partial charge in [-0.3, -0.25) is 4.79 Å². The van der Waals surface area contributed by atoms with Gasteiger partial charge in [0.25, 0.3) is 0 Å². The van der Waals surface area contributed by atoms with E-state index in [9.17, 15) is 13.2 Å². The van der Waals surface area contributed by atoms with Crippen molar-refractivity contribution in [2.75, 3.05) is 24.2 Å². The first-order valence-electron chi connectivity index (χ1n) is 8.88. The zero-order valence-electron chi connectivity index (χ0n) is 16.2. The summed E-state index contributed by atoms with van der Waals surface area (Å²) in [5, 5.41) is 2.80. The number of carbonyl (C=O) groups is 1. The molecule has 0 aliphatic rings. The molecule has 2 aromatic carbocycles. The molecule has 0 saturated carbocycles. The largest absolute Gasteiger partial charge is 0.325 e. The van der Waals surface area contributed by atoms with Crippen molar-refractivity contribution in [3.8, 4) is 0 Å². The number of hydrogen-bond acceptors (Lipinski definition) is 4. The van der Waals surface area contributed by atoms with Crippen LogP contribution in [0, 0.1) is 13.8 Å². The summed E-state index contributed by atoms with van der Waals surface area (Å²) in [6.45, 7) is 8.19. The topological polar surface area (TPSA) is 66.5 Å². The molecule has 1 amide bonds. The molecule has 0 aromatic heterocycles. The lowest BCUT2D eigenvalue weighted by molar-refractivity contribution is -0.113. The lowest BCUT2D eigenvalue weighted by atomic mass is 10.2. The second kappa shape index (κ2) is 9.39. The van der Waals surface area contributed by atoms with E-state index in [0.29, 0.717) is 24.3 Å². The van der Waals surface area contributed by atoms with E-state index >= 15 is 0 Å². The molecule has 0 saturated heterocycles. The fourth-order valence-corrected chi connectivity index (χ4v) is 5.26. The van der Waals surface area contributed by atoms with Gasteiger partial charge in [0.1, 0.15) is 0 Å². The van der Waals surface area contributed by atoms with E-state index < -0.39 is 10.0 Å². The van der Waals surface area contributed by atoms with Crippen molar-refractivity contribution in [3.05, 3.63) is 53.6 Å². The maximum atomic E-state index is 12.8. The molecule has 0 unspecified atom stereocenters. The molecule has 0 atom stereocenters. The molecule has 0 aliphatic heterocycles. The van der Waals surface area contributed by atoms with Crippen LogP contribution >= 0.6 is 11.8 Å². The predicted molar refractivity (Wildman–Crippen MR) is 112 cm³/mol. The van der Waals surface area contributed by atoms with Crippen LogP contribution in [0.4, 0.5) is 5.69 Å². The monoisotopic (exact) mass is 406 g/mol. The number of anilines is 1. The maximum Gasteiger partial charge on any atom is 0.243 e. The molecule has 0 radical (unpaired) electrons. The Labute approximate surface area is 166 Å². The summed E-state index contributed by atoms with van der Waals surface area (Å²) in [5.41, 5.74) is 2.27. The smallest absolute Gasteiger partial charge is 0.243 e. The minimum atomic E-state index is -3.57. The van der Waals surface area contributed by atoms with E-state index in [0.717, 1.165) is 10.5 Å². The van der Waals surface area contributed by atoms with Crippen molar-refractivity contribution in [2.45, 2.75) is 37.5 Å². The number of sulfonamides is 1. The fraction of sp³-hybridized carbons (Fsp3) is 0.350. The van der Waals surface area contributed by atoms with Crippen LogP contribution in [0.25, 0.3) is 0 Å². The highest BCUT2D eigenvalue weighted by Crippen LogP contribution is 2.25. The summed E-state index contributed by atoms with van der Waals surface area (Å²) < 4.78 is 27.0. The number of amides is 1. The lowest BCUT2D eigenvalue weighted by Crippen LogP contribution is -2.31. The average Bonchev–Trinajstić information content (AvgIpc) is 2.63. The zero-order chi connectivity index (χ0) is 20.0. The number of nitrogens with one attached hydrogen (secondary N) is 1. The Kier molecular flexibility index (Phi) is 7.47. The third-order valence-corrected chi connectivity index (χ3v) is 7.61. The molecule has 0 aliphatic carbocycles. The quantitative estimate of drug-likeness (QED) is 0.671. The summed E-state index contributed by atoms with van der Waals surface area (Å²) in [7, 11) is -3.57. The van der Waals surface area contributed by atoms with Crippen LogP contribution < -0.4 is 5.32 Å². The van der Waals surface area contributed by atoms with Crippen LogP contribution in [-0.4, -0.2) is 37.5 Å². The fourth-order valence-electron chi connectivity index (χ4n) is 2.72. The number of hydrogen-bond donors (Lipinski definition) is 1. The van der Waals surface area contributed by atoms with E-state index in [1.54, 1.807) is 25.1 Å². The van der Waals surface area contributed by atoms with Crippen molar-refractivity contribution in [1.82, 2.24) is 4.31 Å². The van der Waals surface area contributed by atoms with E-state index in [2.05, 4.69) is 5.32 Å². The van der Waals surface area contributed by atoms with Gasteiger partial charge in [0.2, 0.25) is 15.9 Å². The summed E-state index contributed by atoms with van der Waals surface area (Å²) in [6, 6.07) is 12.9. The van der Waals surface area contributed by atoms with Gasteiger partial charge in [-0.1, -0.05) is 38.1 Å². The molecular formula is C20H26N2O3S2. The van der Waals surface area contributed by atoms with Crippen LogP contribution in [-0.2, 0) is 14.8 Å². The number of aryl methyl sites for hydroxylation is 2. The summed E-state index contributed by atoms with van der Waals surface area (Å²) in [5.74, 6) is 0.0925. The van der Waals surface area contributed by atoms with Crippen LogP contribution in [0.2, 0.25) is 0 Å². The van der Waals surface area contributed by atoms with Gasteiger partial charge in [0.15, 0.2) is 0 Å². The Morgan fingerprint density at radius 3 is 2.33 bits per heavy atom. The zero-order valence-corrected chi connectivity index (χ0v) is 17.8. The first kappa shape index (κ1) is 21.5. The minimum Gasteiger partial charge on any atom is -0.325 e. The molecule has 2 rings (SSSR count). The Bertz CT molecular complexity index is 907. The third-order valence-electron chi connectivity index (χ3n) is 4.25. The van der Waals surface area contributed by atoms with Crippen molar-refractivity contribution < 1.29 is 13.2 Å². The molecule has 27 heavy (non-hydrogen) atoms. The highest BCUT2D eigenvalue weighted by molar-refractivity contribution is 8.00. The van der Waals surface area contributed by atoms with E-state index in [1.807, 2.05) is 45.0 Å². The molecule has 0 fully saturated rings. The van der Waals surface area contributed by atoms with Gasteiger partial charge < -0.3 is 5.32 Å². The molecule has 0 spiro atoms. The molecule has 5 nitrogen and oxygen atoms in total. The predicted octanol–water partition coefficient (Wildman–Crippen LogP) is 4.06. The normalized spacial score (nSPS) is 11.6. The standard InChI is InChI=1S/C20H26N2O3S2/c1-5-22(6-2)27(24,25)19-13-17(12-11-16(19)4)21-20(23)14-26-18-10-8-7-9-15(18)3/h7-13H,5-6,14H2,1-4H3,(H,21,23). The highest BCUT2D eigenvalue weighted by atomic mass is 32.2. The summed E-state index contributed by atoms with van der Waals surface area (Å²) in [4.78, 5) is 13.6.